The summed E-state index contributed by atoms with van der Waals surface area (Å²) in [6.07, 6.45) is 5.43. The molecule has 5 rings (SSSR count). The number of methoxy groups -OCH3 is 1. The number of rotatable bonds is 6. The van der Waals surface area contributed by atoms with E-state index in [1.807, 2.05) is 77.6 Å². The number of nitrogens with one attached hydrogen (secondary N) is 1. The Morgan fingerprint density at radius 3 is 2.52 bits per heavy atom. The van der Waals surface area contributed by atoms with Crippen LogP contribution in [0, 0.1) is 0 Å². The number of hydrogen-bond acceptors (Lipinski definition) is 6. The average molecular weight is 408 g/mol. The molecule has 2 aromatic carbocycles. The van der Waals surface area contributed by atoms with Crippen LogP contribution in [0.25, 0.3) is 28.0 Å². The van der Waals surface area contributed by atoms with Gasteiger partial charge in [-0.05, 0) is 54.6 Å². The monoisotopic (exact) mass is 408 g/mol. The first kappa shape index (κ1) is 18.7. The van der Waals surface area contributed by atoms with Crippen molar-refractivity contribution in [2.24, 2.45) is 0 Å². The van der Waals surface area contributed by atoms with Gasteiger partial charge in [-0.1, -0.05) is 12.1 Å². The first-order valence-corrected chi connectivity index (χ1v) is 9.90. The highest BCUT2D eigenvalue weighted by Crippen LogP contribution is 2.25. The summed E-state index contributed by atoms with van der Waals surface area (Å²) in [6.45, 7) is 0.542. The van der Waals surface area contributed by atoms with Gasteiger partial charge >= 0.3 is 0 Å². The molecule has 0 fully saturated rings. The van der Waals surface area contributed by atoms with Crippen molar-refractivity contribution in [2.75, 3.05) is 12.4 Å². The molecule has 7 nitrogen and oxygen atoms in total. The molecule has 0 spiro atoms. The molecule has 0 radical (unpaired) electrons. The number of fused-ring (bicyclic) bond motifs is 1. The van der Waals surface area contributed by atoms with Gasteiger partial charge in [0, 0.05) is 29.5 Å². The van der Waals surface area contributed by atoms with E-state index in [1.165, 1.54) is 0 Å². The first-order chi connectivity index (χ1) is 15.3. The summed E-state index contributed by atoms with van der Waals surface area (Å²) in [5.41, 5.74) is 3.69. The Kier molecular flexibility index (Phi) is 4.98. The zero-order valence-electron chi connectivity index (χ0n) is 16.9. The van der Waals surface area contributed by atoms with Crippen molar-refractivity contribution in [3.8, 4) is 22.8 Å². The Balaban J connectivity index is 1.41. The molecular weight excluding hydrogens is 388 g/mol. The quantitative estimate of drug-likeness (QED) is 0.446. The molecule has 0 aliphatic rings. The smallest absolute Gasteiger partial charge is 0.162 e. The molecule has 3 heterocycles. The second-order valence-electron chi connectivity index (χ2n) is 6.95. The molecule has 152 valence electrons. The van der Waals surface area contributed by atoms with Crippen molar-refractivity contribution >= 4 is 16.7 Å². The molecule has 0 bridgehead atoms. The molecule has 0 saturated heterocycles. The summed E-state index contributed by atoms with van der Waals surface area (Å²) in [5.74, 6) is 2.25. The zero-order valence-corrected chi connectivity index (χ0v) is 16.9. The fourth-order valence-electron chi connectivity index (χ4n) is 3.35. The van der Waals surface area contributed by atoms with E-state index in [0.29, 0.717) is 12.4 Å². The van der Waals surface area contributed by atoms with Gasteiger partial charge in [0.1, 0.15) is 11.6 Å². The summed E-state index contributed by atoms with van der Waals surface area (Å²) in [4.78, 5) is 13.6. The van der Waals surface area contributed by atoms with E-state index in [2.05, 4.69) is 15.4 Å². The van der Waals surface area contributed by atoms with Gasteiger partial charge in [0.15, 0.2) is 5.82 Å². The molecule has 0 aliphatic carbocycles. The normalized spacial score (nSPS) is 10.9. The lowest BCUT2D eigenvalue weighted by Crippen LogP contribution is -2.05. The topological polar surface area (TPSA) is 77.8 Å². The third-order valence-corrected chi connectivity index (χ3v) is 4.96. The fourth-order valence-corrected chi connectivity index (χ4v) is 3.35. The van der Waals surface area contributed by atoms with Crippen molar-refractivity contribution in [1.82, 2.24) is 24.7 Å². The van der Waals surface area contributed by atoms with E-state index >= 15 is 0 Å². The number of para-hydroxylation sites is 1. The van der Waals surface area contributed by atoms with Gasteiger partial charge in [0.25, 0.3) is 0 Å². The minimum atomic E-state index is 0.542. The van der Waals surface area contributed by atoms with Crippen LogP contribution >= 0.6 is 0 Å². The Hall–Kier alpha value is -4.26. The molecule has 5 aromatic rings. The molecule has 0 atom stereocenters. The Morgan fingerprint density at radius 2 is 1.71 bits per heavy atom. The van der Waals surface area contributed by atoms with Crippen LogP contribution in [-0.4, -0.2) is 31.8 Å². The SMILES string of the molecule is COc1ccc(-n2ccc(CNc3nc(-c4ccncc4)nc4ccccc34)n2)cc1. The minimum absolute atomic E-state index is 0.542. The minimum Gasteiger partial charge on any atom is -0.497 e. The van der Waals surface area contributed by atoms with E-state index in [1.54, 1.807) is 19.5 Å². The van der Waals surface area contributed by atoms with E-state index in [9.17, 15) is 0 Å². The van der Waals surface area contributed by atoms with Gasteiger partial charge in [0.05, 0.1) is 30.6 Å². The average Bonchev–Trinajstić information content (AvgIpc) is 3.32. The fraction of sp³-hybridized carbons (Fsp3) is 0.0833. The number of benzene rings is 2. The largest absolute Gasteiger partial charge is 0.497 e. The van der Waals surface area contributed by atoms with Crippen LogP contribution in [0.2, 0.25) is 0 Å². The van der Waals surface area contributed by atoms with Crippen molar-refractivity contribution in [3.63, 3.8) is 0 Å². The first-order valence-electron chi connectivity index (χ1n) is 9.90. The van der Waals surface area contributed by atoms with E-state index < -0.39 is 0 Å². The van der Waals surface area contributed by atoms with Crippen LogP contribution in [0.1, 0.15) is 5.69 Å². The standard InChI is InChI=1S/C24H20N6O/c1-31-20-8-6-19(7-9-20)30-15-12-18(29-30)16-26-24-21-4-2-3-5-22(21)27-23(28-24)17-10-13-25-14-11-17/h2-15H,16H2,1H3,(H,26,27,28). The maximum absolute atomic E-state index is 5.22. The lowest BCUT2D eigenvalue weighted by atomic mass is 10.2. The van der Waals surface area contributed by atoms with Crippen molar-refractivity contribution in [2.45, 2.75) is 6.54 Å². The van der Waals surface area contributed by atoms with E-state index in [0.717, 1.165) is 39.4 Å². The number of nitrogens with zero attached hydrogens (tertiary/aromatic N) is 5. The zero-order chi connectivity index (χ0) is 21.0. The van der Waals surface area contributed by atoms with Crippen LogP contribution in [-0.2, 0) is 6.54 Å². The number of pyridine rings is 1. The van der Waals surface area contributed by atoms with Gasteiger partial charge in [-0.3, -0.25) is 4.98 Å². The Labute approximate surface area is 179 Å². The maximum Gasteiger partial charge on any atom is 0.162 e. The molecule has 0 amide bonds. The Morgan fingerprint density at radius 1 is 0.903 bits per heavy atom. The molecule has 1 N–H and O–H groups in total. The maximum atomic E-state index is 5.22. The predicted molar refractivity (Wildman–Crippen MR) is 120 cm³/mol. The number of ether oxygens (including phenoxy) is 1. The third kappa shape index (κ3) is 3.93. The summed E-state index contributed by atoms with van der Waals surface area (Å²) in [5, 5.41) is 9.08. The number of hydrogen-bond donors (Lipinski definition) is 1. The summed E-state index contributed by atoms with van der Waals surface area (Å²) >= 11 is 0. The van der Waals surface area contributed by atoms with Gasteiger partial charge in [-0.15, -0.1) is 0 Å². The molecular formula is C24H20N6O. The van der Waals surface area contributed by atoms with Gasteiger partial charge in [0.2, 0.25) is 0 Å². The van der Waals surface area contributed by atoms with E-state index in [4.69, 9.17) is 14.7 Å². The second kappa shape index (κ2) is 8.23. The van der Waals surface area contributed by atoms with E-state index in [-0.39, 0.29) is 0 Å². The lowest BCUT2D eigenvalue weighted by Gasteiger charge is -2.10. The Bertz CT molecular complexity index is 1320. The van der Waals surface area contributed by atoms with Crippen LogP contribution in [0.4, 0.5) is 5.82 Å². The molecule has 3 aromatic heterocycles. The van der Waals surface area contributed by atoms with Gasteiger partial charge in [-0.25, -0.2) is 14.6 Å². The predicted octanol–water partition coefficient (Wildman–Crippen LogP) is 4.50. The molecule has 0 saturated carbocycles. The highest BCUT2D eigenvalue weighted by atomic mass is 16.5. The molecule has 31 heavy (non-hydrogen) atoms. The molecule has 0 aliphatic heterocycles. The second-order valence-corrected chi connectivity index (χ2v) is 6.95. The van der Waals surface area contributed by atoms with Crippen LogP contribution in [0.3, 0.4) is 0 Å². The highest BCUT2D eigenvalue weighted by molar-refractivity contribution is 5.90. The summed E-state index contributed by atoms with van der Waals surface area (Å²) < 4.78 is 7.06. The van der Waals surface area contributed by atoms with Crippen LogP contribution in [0.5, 0.6) is 5.75 Å². The van der Waals surface area contributed by atoms with Gasteiger partial charge in [-0.2, -0.15) is 5.10 Å². The summed E-state index contributed by atoms with van der Waals surface area (Å²) in [7, 11) is 1.66. The van der Waals surface area contributed by atoms with Crippen molar-refractivity contribution in [1.29, 1.82) is 0 Å². The summed E-state index contributed by atoms with van der Waals surface area (Å²) in [6, 6.07) is 21.6. The van der Waals surface area contributed by atoms with Crippen molar-refractivity contribution in [3.05, 3.63) is 91.0 Å². The van der Waals surface area contributed by atoms with Crippen LogP contribution < -0.4 is 10.1 Å². The number of aromatic nitrogens is 5. The highest BCUT2D eigenvalue weighted by Gasteiger charge is 2.10. The molecule has 0 unspecified atom stereocenters. The molecule has 7 heteroatoms. The number of anilines is 1. The van der Waals surface area contributed by atoms with Crippen LogP contribution in [0.15, 0.2) is 85.3 Å². The third-order valence-electron chi connectivity index (χ3n) is 4.96. The van der Waals surface area contributed by atoms with Crippen molar-refractivity contribution < 1.29 is 4.74 Å². The lowest BCUT2D eigenvalue weighted by molar-refractivity contribution is 0.414. The van der Waals surface area contributed by atoms with Gasteiger partial charge < -0.3 is 10.1 Å².